The van der Waals surface area contributed by atoms with Gasteiger partial charge < -0.3 is 29.6 Å². The predicted octanol–water partition coefficient (Wildman–Crippen LogP) is 3.00. The summed E-state index contributed by atoms with van der Waals surface area (Å²) < 4.78 is 21.9. The van der Waals surface area contributed by atoms with Crippen LogP contribution in [0.5, 0.6) is 23.0 Å². The van der Waals surface area contributed by atoms with Crippen LogP contribution in [0, 0.1) is 0 Å². The van der Waals surface area contributed by atoms with E-state index in [9.17, 15) is 0 Å². The van der Waals surface area contributed by atoms with Crippen molar-refractivity contribution in [1.29, 1.82) is 0 Å². The number of thiocarbonyl (C=S) groups is 1. The fourth-order valence-electron chi connectivity index (χ4n) is 2.76. The largest absolute Gasteiger partial charge is 0.493 e. The first-order valence-corrected chi connectivity index (χ1v) is 8.76. The second-order valence-corrected chi connectivity index (χ2v) is 6.05. The van der Waals surface area contributed by atoms with Gasteiger partial charge in [-0.1, -0.05) is 12.1 Å². The fraction of sp³-hybridized carbons (Fsp3) is 0.316. The van der Waals surface area contributed by atoms with Crippen LogP contribution in [0.25, 0.3) is 0 Å². The monoisotopic (exact) mass is 374 g/mol. The molecule has 3 rings (SSSR count). The third-order valence-corrected chi connectivity index (χ3v) is 4.21. The van der Waals surface area contributed by atoms with Gasteiger partial charge in [0.15, 0.2) is 28.1 Å². The summed E-state index contributed by atoms with van der Waals surface area (Å²) in [4.78, 5) is 0. The molecule has 2 N–H and O–H groups in total. The van der Waals surface area contributed by atoms with Gasteiger partial charge in [0.1, 0.15) is 13.2 Å². The van der Waals surface area contributed by atoms with Crippen LogP contribution in [-0.2, 0) is 6.42 Å². The Morgan fingerprint density at radius 1 is 1.08 bits per heavy atom. The fourth-order valence-corrected chi connectivity index (χ4v) is 2.98. The lowest BCUT2D eigenvalue weighted by molar-refractivity contribution is 0.171. The highest BCUT2D eigenvalue weighted by atomic mass is 32.1. The van der Waals surface area contributed by atoms with Crippen molar-refractivity contribution < 1.29 is 18.9 Å². The SMILES string of the molecule is COc1cccc(CCNC(=S)Nc2ccc3c(c2)OCCO3)c1OC. The average Bonchev–Trinajstić information content (AvgIpc) is 2.67. The number of methoxy groups -OCH3 is 2. The van der Waals surface area contributed by atoms with E-state index in [2.05, 4.69) is 10.6 Å². The number of hydrogen-bond donors (Lipinski definition) is 2. The molecule has 0 amide bonds. The zero-order valence-corrected chi connectivity index (χ0v) is 15.7. The van der Waals surface area contributed by atoms with Gasteiger partial charge in [0, 0.05) is 18.3 Å². The summed E-state index contributed by atoms with van der Waals surface area (Å²) in [5.41, 5.74) is 1.91. The Morgan fingerprint density at radius 2 is 1.88 bits per heavy atom. The molecule has 6 nitrogen and oxygen atoms in total. The minimum atomic E-state index is 0.545. The molecule has 0 atom stereocenters. The van der Waals surface area contributed by atoms with Crippen LogP contribution in [0.15, 0.2) is 36.4 Å². The highest BCUT2D eigenvalue weighted by Gasteiger charge is 2.12. The number of ether oxygens (including phenoxy) is 4. The molecule has 0 aromatic heterocycles. The Hall–Kier alpha value is -2.67. The highest BCUT2D eigenvalue weighted by Crippen LogP contribution is 2.33. The number of rotatable bonds is 6. The van der Waals surface area contributed by atoms with E-state index in [0.717, 1.165) is 40.7 Å². The van der Waals surface area contributed by atoms with E-state index in [1.54, 1.807) is 14.2 Å². The molecule has 0 aliphatic carbocycles. The van der Waals surface area contributed by atoms with Gasteiger partial charge in [-0.15, -0.1) is 0 Å². The number of anilines is 1. The minimum absolute atomic E-state index is 0.545. The van der Waals surface area contributed by atoms with Gasteiger partial charge in [0.05, 0.1) is 14.2 Å². The Balaban J connectivity index is 1.53. The molecule has 1 heterocycles. The third-order valence-electron chi connectivity index (χ3n) is 3.96. The first kappa shape index (κ1) is 18.1. The average molecular weight is 374 g/mol. The lowest BCUT2D eigenvalue weighted by atomic mass is 10.1. The summed E-state index contributed by atoms with van der Waals surface area (Å²) in [5.74, 6) is 2.96. The minimum Gasteiger partial charge on any atom is -0.493 e. The van der Waals surface area contributed by atoms with Gasteiger partial charge in [-0.3, -0.25) is 0 Å². The van der Waals surface area contributed by atoms with Crippen LogP contribution in [0.4, 0.5) is 5.69 Å². The van der Waals surface area contributed by atoms with E-state index in [0.29, 0.717) is 24.9 Å². The lowest BCUT2D eigenvalue weighted by Crippen LogP contribution is -2.30. The molecule has 0 fully saturated rings. The standard InChI is InChI=1S/C19H22N2O4S/c1-22-16-5-3-4-13(18(16)23-2)8-9-20-19(26)21-14-6-7-15-17(12-14)25-11-10-24-15/h3-7,12H,8-11H2,1-2H3,(H2,20,21,26). The van der Waals surface area contributed by atoms with Gasteiger partial charge >= 0.3 is 0 Å². The van der Waals surface area contributed by atoms with Crippen LogP contribution in [-0.4, -0.2) is 39.1 Å². The second-order valence-electron chi connectivity index (χ2n) is 5.64. The Bertz CT molecular complexity index is 782. The summed E-state index contributed by atoms with van der Waals surface area (Å²) in [6.07, 6.45) is 0.753. The van der Waals surface area contributed by atoms with E-state index in [4.69, 9.17) is 31.2 Å². The van der Waals surface area contributed by atoms with Gasteiger partial charge in [0.25, 0.3) is 0 Å². The molecule has 2 aromatic carbocycles. The predicted molar refractivity (Wildman–Crippen MR) is 105 cm³/mol. The zero-order chi connectivity index (χ0) is 18.4. The molecule has 0 saturated heterocycles. The molecule has 0 unspecified atom stereocenters. The van der Waals surface area contributed by atoms with Gasteiger partial charge in [-0.25, -0.2) is 0 Å². The number of nitrogens with one attached hydrogen (secondary N) is 2. The van der Waals surface area contributed by atoms with Crippen molar-refractivity contribution in [2.45, 2.75) is 6.42 Å². The summed E-state index contributed by atoms with van der Waals surface area (Å²) in [5, 5.41) is 6.90. The van der Waals surface area contributed by atoms with Crippen LogP contribution in [0.2, 0.25) is 0 Å². The van der Waals surface area contributed by atoms with Gasteiger partial charge in [-0.2, -0.15) is 0 Å². The van der Waals surface area contributed by atoms with Crippen LogP contribution >= 0.6 is 12.2 Å². The lowest BCUT2D eigenvalue weighted by Gasteiger charge is -2.19. The van der Waals surface area contributed by atoms with Crippen molar-refractivity contribution in [2.24, 2.45) is 0 Å². The second kappa shape index (κ2) is 8.62. The molecule has 1 aliphatic heterocycles. The maximum absolute atomic E-state index is 5.58. The van der Waals surface area contributed by atoms with Crippen molar-refractivity contribution in [3.63, 3.8) is 0 Å². The van der Waals surface area contributed by atoms with Crippen molar-refractivity contribution in [3.8, 4) is 23.0 Å². The van der Waals surface area contributed by atoms with E-state index in [1.165, 1.54) is 0 Å². The van der Waals surface area contributed by atoms with E-state index in [1.807, 2.05) is 36.4 Å². The van der Waals surface area contributed by atoms with E-state index < -0.39 is 0 Å². The summed E-state index contributed by atoms with van der Waals surface area (Å²) in [6.45, 7) is 1.80. The quantitative estimate of drug-likeness (QED) is 0.754. The normalized spacial score (nSPS) is 12.2. The highest BCUT2D eigenvalue weighted by molar-refractivity contribution is 7.80. The number of para-hydroxylation sites is 1. The maximum atomic E-state index is 5.58. The topological polar surface area (TPSA) is 61.0 Å². The Labute approximate surface area is 158 Å². The maximum Gasteiger partial charge on any atom is 0.170 e. The molecular formula is C19H22N2O4S. The molecule has 0 saturated carbocycles. The van der Waals surface area contributed by atoms with Crippen molar-refractivity contribution in [3.05, 3.63) is 42.0 Å². The Morgan fingerprint density at radius 3 is 2.65 bits per heavy atom. The third kappa shape index (κ3) is 4.29. The molecule has 0 bridgehead atoms. The molecular weight excluding hydrogens is 352 g/mol. The molecule has 138 valence electrons. The van der Waals surface area contributed by atoms with E-state index in [-0.39, 0.29) is 0 Å². The molecule has 0 radical (unpaired) electrons. The molecule has 2 aromatic rings. The zero-order valence-electron chi connectivity index (χ0n) is 14.8. The summed E-state index contributed by atoms with van der Waals surface area (Å²) in [6, 6.07) is 11.5. The molecule has 7 heteroatoms. The summed E-state index contributed by atoms with van der Waals surface area (Å²) in [7, 11) is 3.27. The van der Waals surface area contributed by atoms with Crippen molar-refractivity contribution in [1.82, 2.24) is 5.32 Å². The van der Waals surface area contributed by atoms with Gasteiger partial charge in [-0.05, 0) is 42.4 Å². The smallest absolute Gasteiger partial charge is 0.170 e. The van der Waals surface area contributed by atoms with Crippen LogP contribution in [0.1, 0.15) is 5.56 Å². The molecule has 26 heavy (non-hydrogen) atoms. The molecule has 0 spiro atoms. The number of benzene rings is 2. The number of hydrogen-bond acceptors (Lipinski definition) is 5. The molecule has 1 aliphatic rings. The first-order chi connectivity index (χ1) is 12.7. The van der Waals surface area contributed by atoms with Crippen LogP contribution < -0.4 is 29.6 Å². The van der Waals surface area contributed by atoms with E-state index >= 15 is 0 Å². The number of fused-ring (bicyclic) bond motifs is 1. The van der Waals surface area contributed by atoms with Crippen molar-refractivity contribution >= 4 is 23.0 Å². The van der Waals surface area contributed by atoms with Gasteiger partial charge in [0.2, 0.25) is 0 Å². The first-order valence-electron chi connectivity index (χ1n) is 8.35. The Kier molecular flexibility index (Phi) is 6.01. The van der Waals surface area contributed by atoms with Crippen molar-refractivity contribution in [2.75, 3.05) is 39.3 Å². The summed E-state index contributed by atoms with van der Waals surface area (Å²) >= 11 is 5.37. The van der Waals surface area contributed by atoms with Crippen LogP contribution in [0.3, 0.4) is 0 Å².